The topological polar surface area (TPSA) is 92.5 Å². The van der Waals surface area contributed by atoms with Crippen molar-refractivity contribution in [2.75, 3.05) is 24.9 Å². The predicted octanol–water partition coefficient (Wildman–Crippen LogP) is 8.87. The first-order chi connectivity index (χ1) is 23.8. The van der Waals surface area contributed by atoms with E-state index in [9.17, 15) is 10.1 Å². The van der Waals surface area contributed by atoms with Crippen LogP contribution in [0.5, 0.6) is 0 Å². The Hall–Kier alpha value is -3.59. The lowest BCUT2D eigenvalue weighted by molar-refractivity contribution is -0.384. The number of rotatable bonds is 7. The number of hydroxylamine groups is 1. The predicted molar refractivity (Wildman–Crippen MR) is 191 cm³/mol. The van der Waals surface area contributed by atoms with Crippen LogP contribution in [0.15, 0.2) is 115 Å². The number of fused-ring (bicyclic) bond motifs is 1. The summed E-state index contributed by atoms with van der Waals surface area (Å²) in [6.07, 6.45) is -1.19. The van der Waals surface area contributed by atoms with E-state index in [-0.39, 0.29) is 12.3 Å². The molecule has 0 amide bonds. The molecule has 5 aromatic carbocycles. The number of ether oxygens (including phenoxy) is 4. The van der Waals surface area contributed by atoms with Crippen molar-refractivity contribution >= 4 is 57.2 Å². The summed E-state index contributed by atoms with van der Waals surface area (Å²) in [5.41, 5.74) is 5.53. The molecule has 3 heterocycles. The Morgan fingerprint density at radius 2 is 1.33 bits per heavy atom. The van der Waals surface area contributed by atoms with Crippen molar-refractivity contribution in [1.29, 1.82) is 0 Å². The largest absolute Gasteiger partial charge is 0.340 e. The first kappa shape index (κ1) is 32.6. The van der Waals surface area contributed by atoms with Crippen molar-refractivity contribution in [2.45, 2.75) is 23.9 Å². The average molecular weight is 809 g/mol. The molecule has 12 heteroatoms. The van der Waals surface area contributed by atoms with Crippen LogP contribution in [0.25, 0.3) is 0 Å². The van der Waals surface area contributed by atoms with E-state index in [0.717, 1.165) is 31.5 Å². The molecule has 2 saturated heterocycles. The number of nitro benzene ring substituents is 1. The lowest BCUT2D eigenvalue weighted by Gasteiger charge is -2.31. The van der Waals surface area contributed by atoms with E-state index in [1.807, 2.05) is 66.7 Å². The average Bonchev–Trinajstić information content (AvgIpc) is 3.87. The van der Waals surface area contributed by atoms with Gasteiger partial charge in [-0.1, -0.05) is 65.7 Å². The molecule has 0 aliphatic carbocycles. The Kier molecular flexibility index (Phi) is 8.61. The smallest absolute Gasteiger partial charge is 0.269 e. The van der Waals surface area contributed by atoms with Gasteiger partial charge in [0.2, 0.25) is 11.6 Å². The third kappa shape index (κ3) is 5.79. The fourth-order valence-corrected chi connectivity index (χ4v) is 7.44. The zero-order chi connectivity index (χ0) is 33.8. The van der Waals surface area contributed by atoms with Crippen molar-refractivity contribution in [3.8, 4) is 0 Å². The number of benzene rings is 5. The fourth-order valence-electron chi connectivity index (χ4n) is 6.62. The van der Waals surface area contributed by atoms with Crippen LogP contribution in [0.2, 0.25) is 10.0 Å². The van der Waals surface area contributed by atoms with Gasteiger partial charge in [-0.2, -0.15) is 0 Å². The van der Waals surface area contributed by atoms with Crippen molar-refractivity contribution in [2.24, 2.45) is 0 Å². The van der Waals surface area contributed by atoms with Crippen LogP contribution in [0.1, 0.15) is 39.5 Å². The molecule has 3 atom stereocenters. The Morgan fingerprint density at radius 3 is 1.94 bits per heavy atom. The summed E-state index contributed by atoms with van der Waals surface area (Å²) < 4.78 is 27.1. The fraction of sp³-hybridized carbons (Fsp3) is 0.189. The second-order valence-electron chi connectivity index (χ2n) is 11.8. The zero-order valence-corrected chi connectivity index (χ0v) is 29.3. The lowest BCUT2D eigenvalue weighted by Crippen LogP contribution is -2.37. The summed E-state index contributed by atoms with van der Waals surface area (Å²) in [6, 6.07) is 35.0. The second-order valence-corrected chi connectivity index (χ2v) is 13.9. The van der Waals surface area contributed by atoms with E-state index in [4.69, 9.17) is 47.0 Å². The molecule has 0 spiro atoms. The van der Waals surface area contributed by atoms with E-state index < -0.39 is 28.8 Å². The molecule has 248 valence electrons. The highest BCUT2D eigenvalue weighted by Gasteiger charge is 2.50. The molecule has 3 aliphatic rings. The summed E-state index contributed by atoms with van der Waals surface area (Å²) >= 11 is 14.8. The van der Waals surface area contributed by atoms with Gasteiger partial charge in [0.05, 0.1) is 30.4 Å². The molecular formula is C37H27Cl2IN2O7. The monoisotopic (exact) mass is 808 g/mol. The molecule has 9 nitrogen and oxygen atoms in total. The van der Waals surface area contributed by atoms with Crippen LogP contribution >= 0.6 is 45.8 Å². The highest BCUT2D eigenvalue weighted by atomic mass is 127. The Morgan fingerprint density at radius 1 is 0.735 bits per heavy atom. The van der Waals surface area contributed by atoms with Crippen molar-refractivity contribution in [3.63, 3.8) is 0 Å². The minimum atomic E-state index is -1.39. The molecule has 5 aromatic rings. The van der Waals surface area contributed by atoms with Gasteiger partial charge in [-0.15, -0.1) is 0 Å². The normalized spacial score (nSPS) is 22.7. The van der Waals surface area contributed by atoms with E-state index in [2.05, 4.69) is 34.7 Å². The minimum absolute atomic E-state index is 0.0379. The Balaban J connectivity index is 1.21. The number of anilines is 1. The summed E-state index contributed by atoms with van der Waals surface area (Å²) in [5.74, 6) is -2.51. The second kappa shape index (κ2) is 12.9. The molecule has 2 fully saturated rings. The summed E-state index contributed by atoms with van der Waals surface area (Å²) in [4.78, 5) is 17.8. The number of nitrogens with zero attached hydrogens (tertiary/aromatic N) is 2. The van der Waals surface area contributed by atoms with Crippen LogP contribution in [0.4, 0.5) is 11.4 Å². The molecule has 0 aromatic heterocycles. The number of non-ortho nitro benzene ring substituents is 1. The summed E-state index contributed by atoms with van der Waals surface area (Å²) in [5, 5.41) is 14.4. The molecule has 3 unspecified atom stereocenters. The molecule has 0 saturated carbocycles. The van der Waals surface area contributed by atoms with Crippen LogP contribution in [-0.4, -0.2) is 31.0 Å². The first-order valence-corrected chi connectivity index (χ1v) is 17.3. The third-order valence-electron chi connectivity index (χ3n) is 8.89. The maximum Gasteiger partial charge on any atom is 0.269 e. The Bertz CT molecular complexity index is 2020. The highest BCUT2D eigenvalue weighted by Crippen LogP contribution is 2.50. The van der Waals surface area contributed by atoms with Gasteiger partial charge in [0.1, 0.15) is 6.10 Å². The maximum atomic E-state index is 11.4. The van der Waals surface area contributed by atoms with Gasteiger partial charge >= 0.3 is 0 Å². The number of halogens is 3. The summed E-state index contributed by atoms with van der Waals surface area (Å²) in [7, 11) is 0. The minimum Gasteiger partial charge on any atom is -0.340 e. The van der Waals surface area contributed by atoms with Crippen LogP contribution < -0.4 is 5.06 Å². The van der Waals surface area contributed by atoms with E-state index in [1.165, 1.54) is 12.1 Å². The quantitative estimate of drug-likeness (QED) is 0.0916. The first-order valence-electron chi connectivity index (χ1n) is 15.5. The van der Waals surface area contributed by atoms with Gasteiger partial charge < -0.3 is 18.9 Å². The molecule has 8 rings (SSSR count). The van der Waals surface area contributed by atoms with Crippen molar-refractivity contribution < 1.29 is 28.7 Å². The van der Waals surface area contributed by atoms with Crippen LogP contribution in [0.3, 0.4) is 0 Å². The van der Waals surface area contributed by atoms with Gasteiger partial charge in [0.25, 0.3) is 5.69 Å². The van der Waals surface area contributed by atoms with E-state index in [1.54, 1.807) is 29.3 Å². The SMILES string of the molecule is O=[N+]([O-])c1ccc(C2(c3ccc(Cl)cc3)OCC(N3OC(c4cccc(I)c4)c4cc(C5(c6ccc(Cl)cc6)OCCO5)ccc43)O2)cc1. The number of nitro groups is 1. The lowest BCUT2D eigenvalue weighted by atomic mass is 9.92. The molecule has 0 N–H and O–H groups in total. The van der Waals surface area contributed by atoms with Gasteiger partial charge in [0.15, 0.2) is 6.23 Å². The summed E-state index contributed by atoms with van der Waals surface area (Å²) in [6.45, 7) is 0.997. The highest BCUT2D eigenvalue weighted by molar-refractivity contribution is 14.1. The molecule has 0 radical (unpaired) electrons. The molecular weight excluding hydrogens is 782 g/mol. The van der Waals surface area contributed by atoms with E-state index in [0.29, 0.717) is 34.4 Å². The van der Waals surface area contributed by atoms with Crippen molar-refractivity contribution in [1.82, 2.24) is 0 Å². The Labute approximate surface area is 305 Å². The molecule has 0 bridgehead atoms. The molecule has 3 aliphatic heterocycles. The van der Waals surface area contributed by atoms with Gasteiger partial charge in [0, 0.05) is 53.6 Å². The maximum absolute atomic E-state index is 11.4. The van der Waals surface area contributed by atoms with Gasteiger partial charge in [-0.3, -0.25) is 15.0 Å². The van der Waals surface area contributed by atoms with Crippen LogP contribution in [-0.2, 0) is 35.4 Å². The van der Waals surface area contributed by atoms with Crippen molar-refractivity contribution in [3.05, 3.63) is 172 Å². The molecule has 49 heavy (non-hydrogen) atoms. The third-order valence-corrected chi connectivity index (χ3v) is 10.1. The zero-order valence-electron chi connectivity index (χ0n) is 25.6. The number of hydrogen-bond acceptors (Lipinski definition) is 8. The van der Waals surface area contributed by atoms with Crippen LogP contribution in [0, 0.1) is 13.7 Å². The van der Waals surface area contributed by atoms with E-state index >= 15 is 0 Å². The van der Waals surface area contributed by atoms with Gasteiger partial charge in [-0.05, 0) is 88.8 Å². The van der Waals surface area contributed by atoms with Gasteiger partial charge in [-0.25, -0.2) is 5.06 Å². The number of hydrogen-bond donors (Lipinski definition) is 0. The standard InChI is InChI=1S/C37H27Cl2IN2O7/c38-28-11-4-24(5-12-28)36(45-18-19-46-36)27-10-17-33-32(21-27)35(23-2-1-3-30(40)20-23)49-41(33)34-22-47-37(48-34,25-6-13-29(39)14-7-25)26-8-15-31(16-9-26)42(43)44/h1-17,20-21,34-35H,18-19,22H2.